The van der Waals surface area contributed by atoms with E-state index in [0.717, 1.165) is 31.9 Å². The van der Waals surface area contributed by atoms with E-state index in [1.54, 1.807) is 7.11 Å². The van der Waals surface area contributed by atoms with Gasteiger partial charge in [-0.1, -0.05) is 19.1 Å². The summed E-state index contributed by atoms with van der Waals surface area (Å²) in [6.07, 6.45) is 0. The van der Waals surface area contributed by atoms with E-state index >= 15 is 0 Å². The number of nitrogens with zero attached hydrogens (tertiary/aromatic N) is 2. The summed E-state index contributed by atoms with van der Waals surface area (Å²) in [5.41, 5.74) is 1.28. The van der Waals surface area contributed by atoms with E-state index < -0.39 is 0 Å². The first kappa shape index (κ1) is 17.0. The molecule has 0 spiro atoms. The monoisotopic (exact) mass is 279 g/mol. The van der Waals surface area contributed by atoms with Crippen LogP contribution in [0.4, 0.5) is 0 Å². The van der Waals surface area contributed by atoms with Crippen LogP contribution >= 0.6 is 0 Å². The van der Waals surface area contributed by atoms with Gasteiger partial charge in [-0.3, -0.25) is 0 Å². The van der Waals surface area contributed by atoms with Gasteiger partial charge in [-0.05, 0) is 45.4 Å². The maximum atomic E-state index is 5.32. The summed E-state index contributed by atoms with van der Waals surface area (Å²) in [6.45, 7) is 6.25. The Morgan fingerprint density at radius 3 is 2.55 bits per heavy atom. The zero-order valence-electron chi connectivity index (χ0n) is 13.5. The van der Waals surface area contributed by atoms with E-state index in [1.807, 2.05) is 6.07 Å². The Morgan fingerprint density at radius 1 is 1.20 bits per heavy atom. The number of benzene rings is 1. The molecule has 114 valence electrons. The second-order valence-electron chi connectivity index (χ2n) is 5.45. The van der Waals surface area contributed by atoms with Crippen LogP contribution in [0.25, 0.3) is 0 Å². The molecular weight excluding hydrogens is 250 g/mol. The average Bonchev–Trinajstić information content (AvgIpc) is 2.44. The van der Waals surface area contributed by atoms with Crippen LogP contribution in [0, 0.1) is 0 Å². The molecule has 1 unspecified atom stereocenters. The minimum absolute atomic E-state index is 0.335. The molecule has 0 aliphatic heterocycles. The molecule has 4 nitrogen and oxygen atoms in total. The van der Waals surface area contributed by atoms with Crippen LogP contribution in [0.1, 0.15) is 18.5 Å². The first-order valence-corrected chi connectivity index (χ1v) is 7.27. The second-order valence-corrected chi connectivity index (χ2v) is 5.45. The number of hydrogen-bond donors (Lipinski definition) is 1. The molecule has 0 radical (unpaired) electrons. The van der Waals surface area contributed by atoms with Gasteiger partial charge < -0.3 is 19.9 Å². The van der Waals surface area contributed by atoms with Crippen LogP contribution in [-0.4, -0.2) is 64.2 Å². The standard InChI is InChI=1S/C16H29N3O/c1-6-17-16(13-19(4)11-10-18(2)3)14-8-7-9-15(12-14)20-5/h7-9,12,16-17H,6,10-11,13H2,1-5H3. The lowest BCUT2D eigenvalue weighted by molar-refractivity contribution is 0.257. The van der Waals surface area contributed by atoms with Gasteiger partial charge >= 0.3 is 0 Å². The van der Waals surface area contributed by atoms with Gasteiger partial charge in [-0.2, -0.15) is 0 Å². The van der Waals surface area contributed by atoms with Crippen molar-refractivity contribution in [1.29, 1.82) is 0 Å². The number of methoxy groups -OCH3 is 1. The molecule has 0 aliphatic rings. The molecule has 1 rings (SSSR count). The molecular formula is C16H29N3O. The summed E-state index contributed by atoms with van der Waals surface area (Å²) in [7, 11) is 8.11. The number of likely N-dealkylation sites (N-methyl/N-ethyl adjacent to an activating group) is 3. The largest absolute Gasteiger partial charge is 0.497 e. The predicted molar refractivity (Wildman–Crippen MR) is 85.5 cm³/mol. The van der Waals surface area contributed by atoms with Crippen molar-refractivity contribution >= 4 is 0 Å². The van der Waals surface area contributed by atoms with E-state index in [4.69, 9.17) is 4.74 Å². The highest BCUT2D eigenvalue weighted by molar-refractivity contribution is 5.30. The zero-order chi connectivity index (χ0) is 15.0. The number of hydrogen-bond acceptors (Lipinski definition) is 4. The van der Waals surface area contributed by atoms with Crippen molar-refractivity contribution in [1.82, 2.24) is 15.1 Å². The third-order valence-electron chi connectivity index (χ3n) is 3.37. The van der Waals surface area contributed by atoms with Gasteiger partial charge in [0.05, 0.1) is 7.11 Å². The maximum Gasteiger partial charge on any atom is 0.119 e. The molecule has 0 fully saturated rings. The Morgan fingerprint density at radius 2 is 1.95 bits per heavy atom. The third-order valence-corrected chi connectivity index (χ3v) is 3.37. The van der Waals surface area contributed by atoms with Crippen LogP contribution in [0.5, 0.6) is 5.75 Å². The summed E-state index contributed by atoms with van der Waals surface area (Å²) in [5, 5.41) is 3.56. The minimum atomic E-state index is 0.335. The highest BCUT2D eigenvalue weighted by Gasteiger charge is 2.13. The zero-order valence-corrected chi connectivity index (χ0v) is 13.5. The Kier molecular flexibility index (Phi) is 7.59. The van der Waals surface area contributed by atoms with Crippen molar-refractivity contribution in [2.75, 3.05) is 54.4 Å². The minimum Gasteiger partial charge on any atom is -0.497 e. The predicted octanol–water partition coefficient (Wildman–Crippen LogP) is 1.84. The van der Waals surface area contributed by atoms with Gasteiger partial charge in [0.2, 0.25) is 0 Å². The molecule has 1 aromatic rings. The van der Waals surface area contributed by atoms with Gasteiger partial charge in [-0.15, -0.1) is 0 Å². The fourth-order valence-electron chi connectivity index (χ4n) is 2.17. The van der Waals surface area contributed by atoms with E-state index in [1.165, 1.54) is 5.56 Å². The highest BCUT2D eigenvalue weighted by Crippen LogP contribution is 2.19. The molecule has 1 atom stereocenters. The van der Waals surface area contributed by atoms with Crippen molar-refractivity contribution in [3.8, 4) is 5.75 Å². The SMILES string of the molecule is CCNC(CN(C)CCN(C)C)c1cccc(OC)c1. The first-order chi connectivity index (χ1) is 9.56. The van der Waals surface area contributed by atoms with Gasteiger partial charge in [0.25, 0.3) is 0 Å². The summed E-state index contributed by atoms with van der Waals surface area (Å²) in [6, 6.07) is 8.66. The van der Waals surface area contributed by atoms with Crippen LogP contribution in [0.2, 0.25) is 0 Å². The first-order valence-electron chi connectivity index (χ1n) is 7.27. The quantitative estimate of drug-likeness (QED) is 0.746. The molecule has 0 aromatic heterocycles. The molecule has 1 aromatic carbocycles. The van der Waals surface area contributed by atoms with Crippen molar-refractivity contribution in [2.45, 2.75) is 13.0 Å². The number of nitrogens with one attached hydrogen (secondary N) is 1. The van der Waals surface area contributed by atoms with Crippen LogP contribution in [-0.2, 0) is 0 Å². The van der Waals surface area contributed by atoms with E-state index in [2.05, 4.69) is 61.4 Å². The molecule has 20 heavy (non-hydrogen) atoms. The third kappa shape index (κ3) is 5.90. The molecule has 0 bridgehead atoms. The van der Waals surface area contributed by atoms with Gasteiger partial charge in [0, 0.05) is 25.7 Å². The Balaban J connectivity index is 2.67. The molecule has 0 saturated carbocycles. The number of ether oxygens (including phenoxy) is 1. The Hall–Kier alpha value is -1.10. The molecule has 0 saturated heterocycles. The summed E-state index contributed by atoms with van der Waals surface area (Å²) in [5.74, 6) is 0.918. The normalized spacial score (nSPS) is 12.9. The number of rotatable bonds is 9. The lowest BCUT2D eigenvalue weighted by Crippen LogP contribution is -2.36. The van der Waals surface area contributed by atoms with E-state index in [-0.39, 0.29) is 0 Å². The van der Waals surface area contributed by atoms with Crippen molar-refractivity contribution in [2.24, 2.45) is 0 Å². The average molecular weight is 279 g/mol. The fourth-order valence-corrected chi connectivity index (χ4v) is 2.17. The van der Waals surface area contributed by atoms with E-state index in [0.29, 0.717) is 6.04 Å². The molecule has 0 aliphatic carbocycles. The molecule has 1 N–H and O–H groups in total. The van der Waals surface area contributed by atoms with Gasteiger partial charge in [0.15, 0.2) is 0 Å². The Bertz CT molecular complexity index is 382. The lowest BCUT2D eigenvalue weighted by Gasteiger charge is -2.26. The molecule has 0 heterocycles. The summed E-state index contributed by atoms with van der Waals surface area (Å²) < 4.78 is 5.32. The lowest BCUT2D eigenvalue weighted by atomic mass is 10.1. The fraction of sp³-hybridized carbons (Fsp3) is 0.625. The van der Waals surface area contributed by atoms with Crippen LogP contribution < -0.4 is 10.1 Å². The molecule has 4 heteroatoms. The van der Waals surface area contributed by atoms with Gasteiger partial charge in [0.1, 0.15) is 5.75 Å². The van der Waals surface area contributed by atoms with Crippen molar-refractivity contribution in [3.63, 3.8) is 0 Å². The smallest absolute Gasteiger partial charge is 0.119 e. The summed E-state index contributed by atoms with van der Waals surface area (Å²) >= 11 is 0. The van der Waals surface area contributed by atoms with Crippen molar-refractivity contribution < 1.29 is 4.74 Å². The van der Waals surface area contributed by atoms with Crippen LogP contribution in [0.3, 0.4) is 0 Å². The summed E-state index contributed by atoms with van der Waals surface area (Å²) in [4.78, 5) is 4.58. The topological polar surface area (TPSA) is 27.7 Å². The highest BCUT2D eigenvalue weighted by atomic mass is 16.5. The maximum absolute atomic E-state index is 5.32. The van der Waals surface area contributed by atoms with Gasteiger partial charge in [-0.25, -0.2) is 0 Å². The van der Waals surface area contributed by atoms with E-state index in [9.17, 15) is 0 Å². The molecule has 0 amide bonds. The second kappa shape index (κ2) is 8.95. The van der Waals surface area contributed by atoms with Crippen molar-refractivity contribution in [3.05, 3.63) is 29.8 Å². The Labute approximate surface area is 123 Å². The van der Waals surface area contributed by atoms with Crippen LogP contribution in [0.15, 0.2) is 24.3 Å².